The number of methoxy groups -OCH3 is 2. The molecule has 2 amide bonds. The Labute approximate surface area is 167 Å². The monoisotopic (exact) mass is 395 g/mol. The molecule has 0 aliphatic rings. The van der Waals surface area contributed by atoms with Gasteiger partial charge in [0.2, 0.25) is 5.91 Å². The number of hydrogen-bond acceptors (Lipinski definition) is 6. The molecular weight excluding hydrogens is 374 g/mol. The number of nitrogens with zero attached hydrogens (tertiary/aromatic N) is 1. The summed E-state index contributed by atoms with van der Waals surface area (Å²) < 4.78 is 15.3. The molecule has 0 bridgehead atoms. The minimum atomic E-state index is -0.373. The van der Waals surface area contributed by atoms with Crippen LogP contribution in [0, 0.1) is 6.92 Å². The van der Waals surface area contributed by atoms with E-state index in [-0.39, 0.29) is 18.4 Å². The zero-order chi connectivity index (χ0) is 20.8. The van der Waals surface area contributed by atoms with Crippen LogP contribution in [-0.2, 0) is 9.53 Å². The number of aryl methyl sites for hydroxylation is 1. The van der Waals surface area contributed by atoms with Gasteiger partial charge in [0.1, 0.15) is 29.4 Å². The van der Waals surface area contributed by atoms with Gasteiger partial charge in [0.15, 0.2) is 0 Å². The van der Waals surface area contributed by atoms with Crippen molar-refractivity contribution in [1.29, 1.82) is 0 Å². The van der Waals surface area contributed by atoms with E-state index >= 15 is 0 Å². The lowest BCUT2D eigenvalue weighted by Gasteiger charge is -2.13. The summed E-state index contributed by atoms with van der Waals surface area (Å²) in [7, 11) is 2.92. The van der Waals surface area contributed by atoms with E-state index in [0.717, 1.165) is 5.56 Å². The normalized spacial score (nSPS) is 10.4. The number of ether oxygens (including phenoxy) is 2. The van der Waals surface area contributed by atoms with Crippen molar-refractivity contribution in [3.05, 3.63) is 59.9 Å². The maximum atomic E-state index is 12.9. The molecule has 2 N–H and O–H groups in total. The van der Waals surface area contributed by atoms with Crippen LogP contribution in [0.3, 0.4) is 0 Å². The molecule has 0 unspecified atom stereocenters. The van der Waals surface area contributed by atoms with Gasteiger partial charge in [0.05, 0.1) is 12.8 Å². The van der Waals surface area contributed by atoms with Crippen LogP contribution < -0.4 is 15.4 Å². The fraction of sp³-hybridized carbons (Fsp3) is 0.190. The maximum Gasteiger partial charge on any atom is 0.261 e. The summed E-state index contributed by atoms with van der Waals surface area (Å²) in [5.74, 6) is 0.152. The van der Waals surface area contributed by atoms with Crippen molar-refractivity contribution >= 4 is 23.2 Å². The highest BCUT2D eigenvalue weighted by molar-refractivity contribution is 6.09. The highest BCUT2D eigenvalue weighted by Gasteiger charge is 2.22. The number of carbonyl (C=O) groups excluding carboxylic acids is 2. The van der Waals surface area contributed by atoms with Crippen LogP contribution in [0.15, 0.2) is 53.1 Å². The first-order valence-electron chi connectivity index (χ1n) is 8.83. The Bertz CT molecular complexity index is 1010. The smallest absolute Gasteiger partial charge is 0.261 e. The van der Waals surface area contributed by atoms with Gasteiger partial charge >= 0.3 is 0 Å². The van der Waals surface area contributed by atoms with Crippen molar-refractivity contribution < 1.29 is 23.6 Å². The molecule has 3 aromatic rings. The second-order valence-electron chi connectivity index (χ2n) is 6.18. The fourth-order valence-corrected chi connectivity index (χ4v) is 2.83. The van der Waals surface area contributed by atoms with Crippen molar-refractivity contribution in [3.8, 4) is 17.0 Å². The summed E-state index contributed by atoms with van der Waals surface area (Å²) in [6, 6.07) is 14.2. The van der Waals surface area contributed by atoms with Gasteiger partial charge in [0, 0.05) is 18.4 Å². The molecule has 0 saturated heterocycles. The van der Waals surface area contributed by atoms with Crippen LogP contribution in [0.25, 0.3) is 11.3 Å². The number of carbonyl (C=O) groups is 2. The Hall–Kier alpha value is -3.65. The van der Waals surface area contributed by atoms with Crippen molar-refractivity contribution in [2.24, 2.45) is 0 Å². The third-order valence-corrected chi connectivity index (χ3v) is 4.14. The van der Waals surface area contributed by atoms with Crippen molar-refractivity contribution in [3.63, 3.8) is 0 Å². The van der Waals surface area contributed by atoms with Crippen LogP contribution in [0.4, 0.5) is 11.4 Å². The van der Waals surface area contributed by atoms with Crippen molar-refractivity contribution in [1.82, 2.24) is 5.16 Å². The third kappa shape index (κ3) is 4.61. The lowest BCUT2D eigenvalue weighted by molar-refractivity contribution is -0.119. The Morgan fingerprint density at radius 1 is 1.07 bits per heavy atom. The Morgan fingerprint density at radius 2 is 1.83 bits per heavy atom. The van der Waals surface area contributed by atoms with Gasteiger partial charge in [-0.25, -0.2) is 0 Å². The van der Waals surface area contributed by atoms with Gasteiger partial charge in [-0.3, -0.25) is 9.59 Å². The first-order chi connectivity index (χ1) is 14.0. The minimum Gasteiger partial charge on any atom is -0.495 e. The van der Waals surface area contributed by atoms with Gasteiger partial charge in [-0.15, -0.1) is 0 Å². The van der Waals surface area contributed by atoms with Crippen molar-refractivity contribution in [2.75, 3.05) is 31.5 Å². The number of aromatic nitrogens is 1. The van der Waals surface area contributed by atoms with Crippen LogP contribution in [-0.4, -0.2) is 37.8 Å². The fourth-order valence-electron chi connectivity index (χ4n) is 2.83. The topological polar surface area (TPSA) is 103 Å². The van der Waals surface area contributed by atoms with E-state index in [1.165, 1.54) is 14.2 Å². The average molecular weight is 395 g/mol. The lowest BCUT2D eigenvalue weighted by Crippen LogP contribution is -2.18. The zero-order valence-electron chi connectivity index (χ0n) is 16.3. The molecule has 0 aliphatic carbocycles. The minimum absolute atomic E-state index is 0.0972. The average Bonchev–Trinajstić information content (AvgIpc) is 3.10. The lowest BCUT2D eigenvalue weighted by atomic mass is 10.1. The van der Waals surface area contributed by atoms with Gasteiger partial charge in [-0.2, -0.15) is 0 Å². The molecule has 8 nitrogen and oxygen atoms in total. The van der Waals surface area contributed by atoms with E-state index < -0.39 is 0 Å². The van der Waals surface area contributed by atoms with Crippen LogP contribution in [0.5, 0.6) is 5.75 Å². The molecule has 150 valence electrons. The summed E-state index contributed by atoms with van der Waals surface area (Å²) in [4.78, 5) is 24.8. The Morgan fingerprint density at radius 3 is 2.52 bits per heavy atom. The summed E-state index contributed by atoms with van der Waals surface area (Å²) in [5.41, 5.74) is 2.47. The van der Waals surface area contributed by atoms with Crippen LogP contribution >= 0.6 is 0 Å². The third-order valence-electron chi connectivity index (χ3n) is 4.14. The molecule has 0 saturated carbocycles. The molecule has 0 fully saturated rings. The molecule has 0 radical (unpaired) electrons. The highest BCUT2D eigenvalue weighted by Crippen LogP contribution is 2.30. The largest absolute Gasteiger partial charge is 0.495 e. The maximum absolute atomic E-state index is 12.9. The van der Waals surface area contributed by atoms with Gasteiger partial charge < -0.3 is 24.6 Å². The van der Waals surface area contributed by atoms with Gasteiger partial charge in [0.25, 0.3) is 5.91 Å². The summed E-state index contributed by atoms with van der Waals surface area (Å²) >= 11 is 0. The summed E-state index contributed by atoms with van der Waals surface area (Å²) in [5, 5.41) is 9.53. The standard InChI is InChI=1S/C21H21N3O5/c1-13-19(20(24-29-13)14-7-5-4-6-8-14)21(26)22-15-9-10-17(28-3)16(11-15)23-18(25)12-27-2/h4-11H,12H2,1-3H3,(H,22,26)(H,23,25). The number of nitrogens with one attached hydrogen (secondary N) is 2. The summed E-state index contributed by atoms with van der Waals surface area (Å²) in [6.45, 7) is 1.58. The van der Waals surface area contributed by atoms with E-state index in [1.807, 2.05) is 30.3 Å². The zero-order valence-corrected chi connectivity index (χ0v) is 16.3. The first-order valence-corrected chi connectivity index (χ1v) is 8.83. The quantitative estimate of drug-likeness (QED) is 0.635. The number of rotatable bonds is 7. The highest BCUT2D eigenvalue weighted by atomic mass is 16.5. The van der Waals surface area contributed by atoms with Crippen molar-refractivity contribution in [2.45, 2.75) is 6.92 Å². The SMILES string of the molecule is COCC(=O)Nc1cc(NC(=O)c2c(-c3ccccc3)noc2C)ccc1OC. The molecule has 3 rings (SSSR count). The van der Waals surface area contributed by atoms with E-state index in [0.29, 0.717) is 34.1 Å². The number of amides is 2. The van der Waals surface area contributed by atoms with Crippen LogP contribution in [0.2, 0.25) is 0 Å². The molecular formula is C21H21N3O5. The second-order valence-corrected chi connectivity index (χ2v) is 6.18. The molecule has 1 heterocycles. The number of anilines is 2. The molecule has 2 aromatic carbocycles. The van der Waals surface area contributed by atoms with E-state index in [2.05, 4.69) is 15.8 Å². The Kier molecular flexibility index (Phi) is 6.25. The predicted octanol–water partition coefficient (Wildman–Crippen LogP) is 3.50. The van der Waals surface area contributed by atoms with E-state index in [4.69, 9.17) is 14.0 Å². The van der Waals surface area contributed by atoms with Gasteiger partial charge in [-0.05, 0) is 25.1 Å². The van der Waals surface area contributed by atoms with Gasteiger partial charge in [-0.1, -0.05) is 35.5 Å². The first kappa shape index (κ1) is 20.1. The molecule has 29 heavy (non-hydrogen) atoms. The van der Waals surface area contributed by atoms with E-state index in [1.54, 1.807) is 25.1 Å². The van der Waals surface area contributed by atoms with E-state index in [9.17, 15) is 9.59 Å². The second kappa shape index (κ2) is 9.03. The van der Waals surface area contributed by atoms with Crippen LogP contribution in [0.1, 0.15) is 16.1 Å². The number of hydrogen-bond donors (Lipinski definition) is 2. The molecule has 8 heteroatoms. The molecule has 0 spiro atoms. The number of benzene rings is 2. The molecule has 0 atom stereocenters. The molecule has 0 aliphatic heterocycles. The predicted molar refractivity (Wildman–Crippen MR) is 108 cm³/mol. The Balaban J connectivity index is 1.86. The summed E-state index contributed by atoms with van der Waals surface area (Å²) in [6.07, 6.45) is 0. The molecule has 1 aromatic heterocycles.